The van der Waals surface area contributed by atoms with Crippen LogP contribution in [0.2, 0.25) is 0 Å². The van der Waals surface area contributed by atoms with Crippen molar-refractivity contribution in [1.82, 2.24) is 9.62 Å². The topological polar surface area (TPSA) is 102 Å². The molecule has 1 amide bonds. The number of rotatable bonds is 7. The molecule has 26 heavy (non-hydrogen) atoms. The second-order valence-electron chi connectivity index (χ2n) is 7.16. The Hall–Kier alpha value is -1.64. The predicted molar refractivity (Wildman–Crippen MR) is 100 cm³/mol. The van der Waals surface area contributed by atoms with E-state index >= 15 is 0 Å². The molecular formula is C18H29N3O4S. The molecule has 0 radical (unpaired) electrons. The van der Waals surface area contributed by atoms with Crippen molar-refractivity contribution in [2.75, 3.05) is 26.2 Å². The molecular weight excluding hydrogens is 354 g/mol. The van der Waals surface area contributed by atoms with Gasteiger partial charge in [-0.25, -0.2) is 8.42 Å². The van der Waals surface area contributed by atoms with Crippen molar-refractivity contribution >= 4 is 15.9 Å². The van der Waals surface area contributed by atoms with Crippen molar-refractivity contribution in [2.45, 2.75) is 44.0 Å². The fourth-order valence-corrected chi connectivity index (χ4v) is 4.34. The average Bonchev–Trinajstić information content (AvgIpc) is 2.62. The molecule has 146 valence electrons. The molecule has 1 aliphatic heterocycles. The van der Waals surface area contributed by atoms with Crippen LogP contribution in [0.5, 0.6) is 5.75 Å². The Bertz CT molecular complexity index is 708. The maximum absolute atomic E-state index is 12.8. The highest BCUT2D eigenvalue weighted by atomic mass is 32.2. The number of benzene rings is 1. The van der Waals surface area contributed by atoms with Gasteiger partial charge in [0.15, 0.2) is 0 Å². The predicted octanol–water partition coefficient (Wildman–Crippen LogP) is 1.34. The van der Waals surface area contributed by atoms with Gasteiger partial charge < -0.3 is 15.8 Å². The Balaban J connectivity index is 1.98. The number of sulfonamides is 1. The highest BCUT2D eigenvalue weighted by Gasteiger charge is 2.33. The fraction of sp³-hybridized carbons (Fsp3) is 0.611. The van der Waals surface area contributed by atoms with Crippen molar-refractivity contribution in [2.24, 2.45) is 11.7 Å². The number of nitrogens with one attached hydrogen (secondary N) is 1. The molecule has 0 aromatic heterocycles. The van der Waals surface area contributed by atoms with E-state index < -0.39 is 15.6 Å². The number of carbonyl (C=O) groups excluding carboxylic acids is 1. The van der Waals surface area contributed by atoms with Crippen molar-refractivity contribution in [3.8, 4) is 5.75 Å². The second kappa shape index (κ2) is 8.37. The van der Waals surface area contributed by atoms with E-state index in [9.17, 15) is 13.2 Å². The van der Waals surface area contributed by atoms with Gasteiger partial charge in [-0.1, -0.05) is 0 Å². The highest BCUT2D eigenvalue weighted by Crippen LogP contribution is 2.25. The number of hydrogen-bond acceptors (Lipinski definition) is 5. The molecule has 1 aliphatic rings. The summed E-state index contributed by atoms with van der Waals surface area (Å²) >= 11 is 0. The number of hydrogen-bond donors (Lipinski definition) is 2. The number of nitrogens with two attached hydrogens (primary N) is 1. The van der Waals surface area contributed by atoms with E-state index in [-0.39, 0.29) is 16.7 Å². The van der Waals surface area contributed by atoms with Crippen LogP contribution in [0.15, 0.2) is 29.2 Å². The minimum Gasteiger partial charge on any atom is -0.494 e. The minimum absolute atomic E-state index is 0.0569. The lowest BCUT2D eigenvalue weighted by molar-refractivity contribution is -0.127. The summed E-state index contributed by atoms with van der Waals surface area (Å²) in [5.74, 6) is 0.399. The molecule has 1 aromatic carbocycles. The zero-order chi connectivity index (χ0) is 19.4. The highest BCUT2D eigenvalue weighted by molar-refractivity contribution is 7.89. The van der Waals surface area contributed by atoms with E-state index in [1.165, 1.54) is 4.31 Å². The summed E-state index contributed by atoms with van der Waals surface area (Å²) in [7, 11) is -3.56. The third-order valence-corrected chi connectivity index (χ3v) is 6.48. The summed E-state index contributed by atoms with van der Waals surface area (Å²) in [5, 5.41) is 2.93. The van der Waals surface area contributed by atoms with Gasteiger partial charge in [0.25, 0.3) is 0 Å². The smallest absolute Gasteiger partial charge is 0.243 e. The summed E-state index contributed by atoms with van der Waals surface area (Å²) in [5.41, 5.74) is 5.19. The molecule has 0 bridgehead atoms. The first-order valence-corrected chi connectivity index (χ1v) is 10.4. The lowest BCUT2D eigenvalue weighted by Crippen LogP contribution is -2.52. The Morgan fingerprint density at radius 3 is 2.35 bits per heavy atom. The van der Waals surface area contributed by atoms with Gasteiger partial charge in [0.2, 0.25) is 15.9 Å². The van der Waals surface area contributed by atoms with Crippen LogP contribution in [0.1, 0.15) is 33.6 Å². The van der Waals surface area contributed by atoms with Crippen molar-refractivity contribution in [1.29, 1.82) is 0 Å². The van der Waals surface area contributed by atoms with E-state index in [2.05, 4.69) is 5.32 Å². The summed E-state index contributed by atoms with van der Waals surface area (Å²) in [6.07, 6.45) is 1.01. The van der Waals surface area contributed by atoms with Crippen LogP contribution in [0.3, 0.4) is 0 Å². The molecule has 1 heterocycles. The first-order chi connectivity index (χ1) is 12.2. The minimum atomic E-state index is -3.56. The van der Waals surface area contributed by atoms with Gasteiger partial charge >= 0.3 is 0 Å². The van der Waals surface area contributed by atoms with Crippen LogP contribution in [-0.4, -0.2) is 50.4 Å². The van der Waals surface area contributed by atoms with Gasteiger partial charge in [-0.15, -0.1) is 0 Å². The number of nitrogens with zero attached hydrogens (tertiary/aromatic N) is 1. The Kier molecular flexibility index (Phi) is 6.65. The van der Waals surface area contributed by atoms with Crippen LogP contribution < -0.4 is 15.8 Å². The van der Waals surface area contributed by atoms with Crippen LogP contribution in [0, 0.1) is 5.92 Å². The zero-order valence-electron chi connectivity index (χ0n) is 15.7. The van der Waals surface area contributed by atoms with Gasteiger partial charge in [0.05, 0.1) is 11.5 Å². The summed E-state index contributed by atoms with van der Waals surface area (Å²) in [4.78, 5) is 12.6. The normalized spacial score (nSPS) is 17.1. The molecule has 1 aromatic rings. The number of carbonyl (C=O) groups is 1. The van der Waals surface area contributed by atoms with Gasteiger partial charge in [0.1, 0.15) is 5.75 Å². The van der Waals surface area contributed by atoms with Gasteiger partial charge in [-0.05, 0) is 57.9 Å². The number of amides is 1. The Morgan fingerprint density at radius 1 is 1.27 bits per heavy atom. The lowest BCUT2D eigenvalue weighted by Gasteiger charge is -2.33. The maximum Gasteiger partial charge on any atom is 0.243 e. The molecule has 8 heteroatoms. The quantitative estimate of drug-likeness (QED) is 0.740. The van der Waals surface area contributed by atoms with E-state index in [0.29, 0.717) is 44.8 Å². The van der Waals surface area contributed by atoms with Crippen molar-refractivity contribution in [3.05, 3.63) is 24.3 Å². The van der Waals surface area contributed by atoms with Gasteiger partial charge in [-0.3, -0.25) is 4.79 Å². The Morgan fingerprint density at radius 2 is 1.85 bits per heavy atom. The standard InChI is InChI=1S/C18H29N3O4S/c1-4-25-15-5-7-16(8-6-15)26(23,24)21-11-9-14(10-12-21)17(22)20-18(2,3)13-19/h5-8,14H,4,9-13,19H2,1-3H3,(H,20,22). The van der Waals surface area contributed by atoms with E-state index in [1.807, 2.05) is 20.8 Å². The zero-order valence-corrected chi connectivity index (χ0v) is 16.5. The van der Waals surface area contributed by atoms with Crippen molar-refractivity contribution in [3.63, 3.8) is 0 Å². The SMILES string of the molecule is CCOc1ccc(S(=O)(=O)N2CCC(C(=O)NC(C)(C)CN)CC2)cc1. The number of ether oxygens (including phenoxy) is 1. The second-order valence-corrected chi connectivity index (χ2v) is 9.10. The van der Waals surface area contributed by atoms with E-state index in [0.717, 1.165) is 0 Å². The molecule has 1 saturated heterocycles. The molecule has 0 aliphatic carbocycles. The molecule has 3 N–H and O–H groups in total. The van der Waals surface area contributed by atoms with Crippen LogP contribution in [0.25, 0.3) is 0 Å². The van der Waals surface area contributed by atoms with Crippen molar-refractivity contribution < 1.29 is 17.9 Å². The van der Waals surface area contributed by atoms with Gasteiger partial charge in [0, 0.05) is 31.1 Å². The Labute approximate surface area is 155 Å². The molecule has 2 rings (SSSR count). The first kappa shape index (κ1) is 20.7. The summed E-state index contributed by atoms with van der Waals surface area (Å²) < 4.78 is 32.3. The van der Waals surface area contributed by atoms with Crippen LogP contribution in [0.4, 0.5) is 0 Å². The lowest BCUT2D eigenvalue weighted by atomic mass is 9.95. The largest absolute Gasteiger partial charge is 0.494 e. The summed E-state index contributed by atoms with van der Waals surface area (Å²) in [6, 6.07) is 6.43. The molecule has 0 saturated carbocycles. The van der Waals surface area contributed by atoms with Crippen LogP contribution in [-0.2, 0) is 14.8 Å². The van der Waals surface area contributed by atoms with E-state index in [4.69, 9.17) is 10.5 Å². The average molecular weight is 384 g/mol. The third-order valence-electron chi connectivity index (χ3n) is 4.57. The molecule has 7 nitrogen and oxygen atoms in total. The molecule has 0 spiro atoms. The third kappa shape index (κ3) is 4.96. The molecule has 0 atom stereocenters. The number of piperidine rings is 1. The van der Waals surface area contributed by atoms with E-state index in [1.54, 1.807) is 24.3 Å². The fourth-order valence-electron chi connectivity index (χ4n) is 2.87. The summed E-state index contributed by atoms with van der Waals surface area (Å²) in [6.45, 7) is 7.16. The monoisotopic (exact) mass is 383 g/mol. The molecule has 1 fully saturated rings. The molecule has 0 unspecified atom stereocenters. The van der Waals surface area contributed by atoms with Crippen LogP contribution >= 0.6 is 0 Å². The first-order valence-electron chi connectivity index (χ1n) is 8.94. The maximum atomic E-state index is 12.8. The van der Waals surface area contributed by atoms with Gasteiger partial charge in [-0.2, -0.15) is 4.31 Å².